The Balaban J connectivity index is 1.65. The molecule has 7 N–H and O–H groups in total. The minimum Gasteiger partial charge on any atom is -0.479 e. The molecule has 0 aromatic heterocycles. The molecule has 0 aromatic rings. The molecule has 49 heavy (non-hydrogen) atoms. The lowest BCUT2D eigenvalue weighted by atomic mass is 9.76. The highest BCUT2D eigenvalue weighted by atomic mass is 16.7. The van der Waals surface area contributed by atoms with Crippen LogP contribution in [-0.2, 0) is 42.8 Å². The van der Waals surface area contributed by atoms with E-state index in [1.54, 1.807) is 0 Å². The second-order valence-corrected chi connectivity index (χ2v) is 13.9. The molecular formula is C33H55NO15. The third-order valence-electron chi connectivity index (χ3n) is 10.5. The molecule has 6 unspecified atom stereocenters. The second-order valence-electron chi connectivity index (χ2n) is 13.9. The highest BCUT2D eigenvalue weighted by Gasteiger charge is 2.53. The van der Waals surface area contributed by atoms with E-state index in [1.165, 1.54) is 21.0 Å². The summed E-state index contributed by atoms with van der Waals surface area (Å²) in [6, 6.07) is -1.27. The quantitative estimate of drug-likeness (QED) is 0.121. The molecule has 2 aliphatic heterocycles. The number of carboxylic acids is 1. The fourth-order valence-corrected chi connectivity index (χ4v) is 7.72. The zero-order chi connectivity index (χ0) is 36.0. The van der Waals surface area contributed by atoms with Crippen LogP contribution in [-0.4, -0.2) is 142 Å². The number of methoxy groups -OCH3 is 1. The zero-order valence-electron chi connectivity index (χ0n) is 28.7. The largest absolute Gasteiger partial charge is 0.479 e. The minimum absolute atomic E-state index is 0.0291. The van der Waals surface area contributed by atoms with E-state index >= 15 is 0 Å². The first-order valence-electron chi connectivity index (χ1n) is 17.5. The molecule has 4 aliphatic rings. The summed E-state index contributed by atoms with van der Waals surface area (Å²) in [4.78, 5) is 37.8. The summed E-state index contributed by atoms with van der Waals surface area (Å²) in [5.41, 5.74) is 0. The Kier molecular flexibility index (Phi) is 14.6. The predicted octanol–water partition coefficient (Wildman–Crippen LogP) is -0.415. The maximum atomic E-state index is 12.8. The third-order valence-corrected chi connectivity index (χ3v) is 10.5. The lowest BCUT2D eigenvalue weighted by molar-refractivity contribution is -0.338. The number of nitrogens with one attached hydrogen (secondary N) is 1. The van der Waals surface area contributed by atoms with Crippen LogP contribution in [0.25, 0.3) is 0 Å². The van der Waals surface area contributed by atoms with Crippen molar-refractivity contribution in [1.82, 2.24) is 5.32 Å². The Morgan fingerprint density at radius 1 is 0.898 bits per heavy atom. The van der Waals surface area contributed by atoms with Gasteiger partial charge in [0, 0.05) is 6.92 Å². The van der Waals surface area contributed by atoms with Gasteiger partial charge in [0.05, 0.1) is 37.9 Å². The number of rotatable bonds is 13. The summed E-state index contributed by atoms with van der Waals surface area (Å²) >= 11 is 0. The first-order valence-corrected chi connectivity index (χ1v) is 17.5. The molecule has 0 radical (unpaired) electrons. The molecule has 0 aromatic carbocycles. The normalized spacial score (nSPS) is 41.1. The topological polar surface area (TPSA) is 240 Å². The summed E-state index contributed by atoms with van der Waals surface area (Å²) in [5.74, 6) is -3.20. The van der Waals surface area contributed by atoms with Crippen LogP contribution < -0.4 is 5.32 Å². The van der Waals surface area contributed by atoms with Crippen LogP contribution in [0.3, 0.4) is 0 Å². The summed E-state index contributed by atoms with van der Waals surface area (Å²) in [6.07, 6.45) is -9.97. The number of ether oxygens (including phenoxy) is 6. The van der Waals surface area contributed by atoms with Crippen LogP contribution in [0.1, 0.15) is 78.6 Å². The molecular weight excluding hydrogens is 650 g/mol. The van der Waals surface area contributed by atoms with Crippen LogP contribution in [0, 0.1) is 17.8 Å². The molecule has 0 bridgehead atoms. The maximum Gasteiger partial charge on any atom is 0.332 e. The highest BCUT2D eigenvalue weighted by Crippen LogP contribution is 2.40. The van der Waals surface area contributed by atoms with Gasteiger partial charge < -0.3 is 64.4 Å². The highest BCUT2D eigenvalue weighted by molar-refractivity contribution is 5.74. The van der Waals surface area contributed by atoms with E-state index in [1.807, 2.05) is 6.92 Å². The van der Waals surface area contributed by atoms with E-state index in [2.05, 4.69) is 5.32 Å². The SMILES string of the molecule is CCC1CC(C(=O)OC)C[C@@H](O[C@@H]2O[C@@H](CO)[C@H](O)C(O[C@@H](CC3CCCCC3)C(=O)O)C2NC(C)=O)[C@@H]1O[C@@H]1OC(C)[C@@H](O)[C@H](O)C1O. The van der Waals surface area contributed by atoms with Crippen molar-refractivity contribution in [3.63, 3.8) is 0 Å². The fraction of sp³-hybridized carbons (Fsp3) is 0.909. The molecule has 15 atom stereocenters. The van der Waals surface area contributed by atoms with Crippen LogP contribution in [0.5, 0.6) is 0 Å². The lowest BCUT2D eigenvalue weighted by Crippen LogP contribution is -2.67. The predicted molar refractivity (Wildman–Crippen MR) is 167 cm³/mol. The van der Waals surface area contributed by atoms with Crippen molar-refractivity contribution >= 4 is 17.8 Å². The average Bonchev–Trinajstić information content (AvgIpc) is 3.08. The number of hydrogen-bond donors (Lipinski definition) is 7. The van der Waals surface area contributed by atoms with Gasteiger partial charge in [-0.3, -0.25) is 9.59 Å². The number of esters is 1. The molecule has 4 fully saturated rings. The number of aliphatic hydroxyl groups is 5. The molecule has 2 aliphatic carbocycles. The first-order chi connectivity index (χ1) is 23.3. The Hall–Kier alpha value is -1.99. The van der Waals surface area contributed by atoms with Crippen molar-refractivity contribution in [1.29, 1.82) is 0 Å². The fourth-order valence-electron chi connectivity index (χ4n) is 7.72. The Bertz CT molecular complexity index is 1090. The van der Waals surface area contributed by atoms with Gasteiger partial charge in [0.2, 0.25) is 5.91 Å². The molecule has 0 spiro atoms. The van der Waals surface area contributed by atoms with E-state index < -0.39 is 110 Å². The van der Waals surface area contributed by atoms with Crippen LogP contribution >= 0.6 is 0 Å². The van der Waals surface area contributed by atoms with Gasteiger partial charge in [-0.1, -0.05) is 45.4 Å². The van der Waals surface area contributed by atoms with Gasteiger partial charge in [0.1, 0.15) is 42.7 Å². The van der Waals surface area contributed by atoms with Crippen LogP contribution in [0.15, 0.2) is 0 Å². The lowest BCUT2D eigenvalue weighted by Gasteiger charge is -2.49. The van der Waals surface area contributed by atoms with Gasteiger partial charge in [-0.2, -0.15) is 0 Å². The third kappa shape index (κ3) is 9.67. The summed E-state index contributed by atoms with van der Waals surface area (Å²) in [7, 11) is 1.26. The summed E-state index contributed by atoms with van der Waals surface area (Å²) in [6.45, 7) is 3.92. The maximum absolute atomic E-state index is 12.8. The van der Waals surface area contributed by atoms with Crippen molar-refractivity contribution < 1.29 is 73.4 Å². The van der Waals surface area contributed by atoms with Crippen molar-refractivity contribution in [2.45, 2.75) is 158 Å². The van der Waals surface area contributed by atoms with E-state index in [0.717, 1.165) is 32.1 Å². The number of hydrogen-bond acceptors (Lipinski definition) is 14. The van der Waals surface area contributed by atoms with Crippen LogP contribution in [0.4, 0.5) is 0 Å². The summed E-state index contributed by atoms with van der Waals surface area (Å²) < 4.78 is 35.6. The Morgan fingerprint density at radius 2 is 1.59 bits per heavy atom. The number of aliphatic carboxylic acids is 1. The second kappa shape index (κ2) is 18.0. The number of carbonyl (C=O) groups excluding carboxylic acids is 2. The molecule has 2 heterocycles. The van der Waals surface area contributed by atoms with E-state index in [0.29, 0.717) is 12.8 Å². The standard InChI is InChI=1S/C33H55NO15/c1-5-18-12-19(31(43)44-4)13-20(28(18)49-33-27(40)26(39)24(37)15(2)45-33)47-32-23(34-16(3)36)29(25(38)22(14-35)48-32)46-21(30(41)42)11-17-9-7-6-8-10-17/h15,17-29,32-33,35,37-40H,5-14H2,1-4H3,(H,34,36)(H,41,42)/t15?,18?,19?,20-,21+,22+,23?,24-,25+,26+,27?,28-,29?,32-,33+/m1/s1. The molecule has 16 nitrogen and oxygen atoms in total. The molecule has 16 heteroatoms. The van der Waals surface area contributed by atoms with Crippen molar-refractivity contribution in [3.05, 3.63) is 0 Å². The smallest absolute Gasteiger partial charge is 0.332 e. The van der Waals surface area contributed by atoms with Gasteiger partial charge in [-0.05, 0) is 38.0 Å². The molecule has 1 amide bonds. The van der Waals surface area contributed by atoms with Gasteiger partial charge >= 0.3 is 11.9 Å². The molecule has 2 saturated heterocycles. The number of amides is 1. The van der Waals surface area contributed by atoms with E-state index in [4.69, 9.17) is 28.4 Å². The molecule has 2 saturated carbocycles. The molecule has 4 rings (SSSR count). The van der Waals surface area contributed by atoms with Crippen molar-refractivity contribution in [3.8, 4) is 0 Å². The van der Waals surface area contributed by atoms with Gasteiger partial charge in [0.15, 0.2) is 18.7 Å². The van der Waals surface area contributed by atoms with E-state index in [-0.39, 0.29) is 24.7 Å². The van der Waals surface area contributed by atoms with Crippen molar-refractivity contribution in [2.75, 3.05) is 13.7 Å². The van der Waals surface area contributed by atoms with Gasteiger partial charge in [-0.25, -0.2) is 4.79 Å². The van der Waals surface area contributed by atoms with Gasteiger partial charge in [-0.15, -0.1) is 0 Å². The minimum atomic E-state index is -1.62. The average molecular weight is 706 g/mol. The van der Waals surface area contributed by atoms with Crippen LogP contribution in [0.2, 0.25) is 0 Å². The van der Waals surface area contributed by atoms with Gasteiger partial charge in [0.25, 0.3) is 0 Å². The number of carboxylic acid groups (broad SMARTS) is 1. The monoisotopic (exact) mass is 705 g/mol. The van der Waals surface area contributed by atoms with E-state index in [9.17, 15) is 45.0 Å². The molecule has 282 valence electrons. The summed E-state index contributed by atoms with van der Waals surface area (Å²) in [5, 5.41) is 65.7. The number of carbonyl (C=O) groups is 3. The number of aliphatic hydroxyl groups excluding tert-OH is 5. The Morgan fingerprint density at radius 3 is 2.18 bits per heavy atom. The van der Waals surface area contributed by atoms with Crippen molar-refractivity contribution in [2.24, 2.45) is 17.8 Å². The zero-order valence-corrected chi connectivity index (χ0v) is 28.7. The Labute approximate surface area is 286 Å². The first kappa shape index (κ1) is 39.8.